The number of fused-ring (bicyclic) bond motifs is 7. The maximum absolute atomic E-state index is 5.22. The Labute approximate surface area is 317 Å². The standard InChI is InChI=1S/C51H32N4/c1-3-14-34(15-4-1)44-31-39(50-52-49(36-18-5-2-6-19-36)53-51(54-50)43-25-13-22-33-16-9-11-23-40(33)43)27-29-46(44)55-47-32-38-21-8-7-20-37(38)30-45(47)42-28-26-35-17-10-12-24-41(35)48(42)55/h1-32H. The van der Waals surface area contributed by atoms with E-state index in [9.17, 15) is 0 Å². The minimum Gasteiger partial charge on any atom is -0.308 e. The zero-order valence-corrected chi connectivity index (χ0v) is 29.8. The molecule has 0 aliphatic heterocycles. The van der Waals surface area contributed by atoms with Gasteiger partial charge in [-0.2, -0.15) is 0 Å². The van der Waals surface area contributed by atoms with Crippen molar-refractivity contribution in [2.24, 2.45) is 0 Å². The number of nitrogens with zero attached hydrogens (tertiary/aromatic N) is 4. The maximum Gasteiger partial charge on any atom is 0.164 e. The van der Waals surface area contributed by atoms with Crippen LogP contribution in [0.15, 0.2) is 194 Å². The summed E-state index contributed by atoms with van der Waals surface area (Å²) >= 11 is 0. The Morgan fingerprint density at radius 1 is 0.309 bits per heavy atom. The number of rotatable bonds is 5. The Bertz CT molecular complexity index is 3250. The molecule has 0 radical (unpaired) electrons. The van der Waals surface area contributed by atoms with Gasteiger partial charge < -0.3 is 4.57 Å². The number of aromatic nitrogens is 4. The molecular weight excluding hydrogens is 669 g/mol. The lowest BCUT2D eigenvalue weighted by atomic mass is 9.99. The summed E-state index contributed by atoms with van der Waals surface area (Å²) in [4.78, 5) is 15.5. The summed E-state index contributed by atoms with van der Waals surface area (Å²) in [5.41, 5.74) is 8.49. The van der Waals surface area contributed by atoms with Crippen LogP contribution < -0.4 is 0 Å². The van der Waals surface area contributed by atoms with Crippen molar-refractivity contribution < 1.29 is 0 Å². The van der Waals surface area contributed by atoms with Crippen LogP contribution in [-0.4, -0.2) is 19.5 Å². The van der Waals surface area contributed by atoms with E-state index in [1.807, 2.05) is 18.2 Å². The molecule has 0 fully saturated rings. The first kappa shape index (κ1) is 31.1. The topological polar surface area (TPSA) is 43.6 Å². The van der Waals surface area contributed by atoms with Crippen LogP contribution in [0.1, 0.15) is 0 Å². The summed E-state index contributed by atoms with van der Waals surface area (Å²) < 4.78 is 2.47. The van der Waals surface area contributed by atoms with Crippen LogP contribution in [0.3, 0.4) is 0 Å². The monoisotopic (exact) mass is 700 g/mol. The highest BCUT2D eigenvalue weighted by Crippen LogP contribution is 2.42. The Balaban J connectivity index is 1.21. The van der Waals surface area contributed by atoms with Gasteiger partial charge in [0.1, 0.15) is 0 Å². The summed E-state index contributed by atoms with van der Waals surface area (Å²) in [6.45, 7) is 0. The highest BCUT2D eigenvalue weighted by atomic mass is 15.0. The van der Waals surface area contributed by atoms with Crippen LogP contribution >= 0.6 is 0 Å². The molecule has 0 spiro atoms. The van der Waals surface area contributed by atoms with Gasteiger partial charge in [0, 0.05) is 38.4 Å². The first-order chi connectivity index (χ1) is 27.3. The van der Waals surface area contributed by atoms with Gasteiger partial charge >= 0.3 is 0 Å². The lowest BCUT2D eigenvalue weighted by molar-refractivity contribution is 1.07. The minimum absolute atomic E-state index is 0.624. The van der Waals surface area contributed by atoms with Gasteiger partial charge in [-0.25, -0.2) is 15.0 Å². The molecule has 0 saturated heterocycles. The lowest BCUT2D eigenvalue weighted by Gasteiger charge is -2.17. The highest BCUT2D eigenvalue weighted by molar-refractivity contribution is 6.21. The quantitative estimate of drug-likeness (QED) is 0.179. The van der Waals surface area contributed by atoms with Crippen LogP contribution in [0, 0.1) is 0 Å². The fourth-order valence-electron chi connectivity index (χ4n) is 8.19. The van der Waals surface area contributed by atoms with Crippen LogP contribution in [0.25, 0.3) is 105 Å². The summed E-state index contributed by atoms with van der Waals surface area (Å²) in [5, 5.41) is 9.57. The van der Waals surface area contributed by atoms with Gasteiger partial charge in [0.25, 0.3) is 0 Å². The summed E-state index contributed by atoms with van der Waals surface area (Å²) in [7, 11) is 0. The fourth-order valence-corrected chi connectivity index (χ4v) is 8.19. The SMILES string of the molecule is c1ccc(-c2nc(-c3ccc(-n4c5cc6ccccc6cc5c5ccc6ccccc6c54)c(-c4ccccc4)c3)nc(-c3cccc4ccccc34)n2)cc1. The largest absolute Gasteiger partial charge is 0.308 e. The van der Waals surface area contributed by atoms with Gasteiger partial charge in [-0.1, -0.05) is 164 Å². The van der Waals surface area contributed by atoms with E-state index in [0.29, 0.717) is 17.5 Å². The van der Waals surface area contributed by atoms with Gasteiger partial charge in [0.05, 0.1) is 16.7 Å². The van der Waals surface area contributed by atoms with E-state index in [1.165, 1.54) is 43.4 Å². The Morgan fingerprint density at radius 3 is 1.65 bits per heavy atom. The summed E-state index contributed by atoms with van der Waals surface area (Å²) in [5.74, 6) is 1.91. The van der Waals surface area contributed by atoms with Crippen molar-refractivity contribution in [1.29, 1.82) is 0 Å². The normalized spacial score (nSPS) is 11.6. The third-order valence-corrected chi connectivity index (χ3v) is 10.8. The Morgan fingerprint density at radius 2 is 0.891 bits per heavy atom. The second kappa shape index (κ2) is 12.6. The van der Waals surface area contributed by atoms with Gasteiger partial charge in [0.15, 0.2) is 17.5 Å². The van der Waals surface area contributed by atoms with Gasteiger partial charge in [-0.05, 0) is 62.8 Å². The maximum atomic E-state index is 5.22. The molecule has 0 atom stereocenters. The minimum atomic E-state index is 0.624. The Kier molecular flexibility index (Phi) is 7.14. The highest BCUT2D eigenvalue weighted by Gasteiger charge is 2.21. The molecule has 11 rings (SSSR count). The third-order valence-electron chi connectivity index (χ3n) is 10.8. The van der Waals surface area contributed by atoms with Crippen LogP contribution in [0.2, 0.25) is 0 Å². The van der Waals surface area contributed by atoms with Crippen molar-refractivity contribution in [2.45, 2.75) is 0 Å². The Hall–Kier alpha value is -7.43. The molecule has 2 heterocycles. The molecular formula is C51H32N4. The molecule has 2 aromatic heterocycles. The van der Waals surface area contributed by atoms with Crippen LogP contribution in [0.5, 0.6) is 0 Å². The van der Waals surface area contributed by atoms with E-state index >= 15 is 0 Å². The van der Waals surface area contributed by atoms with E-state index in [4.69, 9.17) is 15.0 Å². The molecule has 4 nitrogen and oxygen atoms in total. The molecule has 4 heteroatoms. The molecule has 9 aromatic carbocycles. The first-order valence-electron chi connectivity index (χ1n) is 18.6. The average molecular weight is 701 g/mol. The molecule has 0 N–H and O–H groups in total. The molecule has 0 bridgehead atoms. The van der Waals surface area contributed by atoms with Crippen molar-refractivity contribution in [2.75, 3.05) is 0 Å². The van der Waals surface area contributed by atoms with Gasteiger partial charge in [-0.15, -0.1) is 0 Å². The van der Waals surface area contributed by atoms with E-state index < -0.39 is 0 Å². The smallest absolute Gasteiger partial charge is 0.164 e. The van der Waals surface area contributed by atoms with E-state index in [1.54, 1.807) is 0 Å². The third kappa shape index (κ3) is 5.19. The molecule has 11 aromatic rings. The second-order valence-electron chi connectivity index (χ2n) is 14.0. The summed E-state index contributed by atoms with van der Waals surface area (Å²) in [6, 6.07) is 68.8. The summed E-state index contributed by atoms with van der Waals surface area (Å²) in [6.07, 6.45) is 0. The molecule has 0 aliphatic rings. The van der Waals surface area contributed by atoms with E-state index in [0.717, 1.165) is 44.3 Å². The second-order valence-corrected chi connectivity index (χ2v) is 14.0. The number of hydrogen-bond donors (Lipinski definition) is 0. The van der Waals surface area contributed by atoms with Crippen molar-refractivity contribution in [3.63, 3.8) is 0 Å². The molecule has 256 valence electrons. The van der Waals surface area contributed by atoms with Crippen LogP contribution in [-0.2, 0) is 0 Å². The zero-order chi connectivity index (χ0) is 36.3. The molecule has 0 aliphatic carbocycles. The molecule has 55 heavy (non-hydrogen) atoms. The van der Waals surface area contributed by atoms with Gasteiger partial charge in [0.2, 0.25) is 0 Å². The van der Waals surface area contributed by atoms with Crippen LogP contribution in [0.4, 0.5) is 0 Å². The van der Waals surface area contributed by atoms with Gasteiger partial charge in [-0.3, -0.25) is 0 Å². The number of hydrogen-bond acceptors (Lipinski definition) is 3. The predicted octanol–water partition coefficient (Wildman–Crippen LogP) is 13.1. The molecule has 0 amide bonds. The first-order valence-corrected chi connectivity index (χ1v) is 18.6. The predicted molar refractivity (Wildman–Crippen MR) is 228 cm³/mol. The van der Waals surface area contributed by atoms with E-state index in [2.05, 4.69) is 180 Å². The van der Waals surface area contributed by atoms with Crippen molar-refractivity contribution in [3.8, 4) is 51.0 Å². The van der Waals surface area contributed by atoms with Crippen molar-refractivity contribution in [1.82, 2.24) is 19.5 Å². The van der Waals surface area contributed by atoms with Crippen molar-refractivity contribution in [3.05, 3.63) is 194 Å². The number of benzene rings is 9. The fraction of sp³-hybridized carbons (Fsp3) is 0. The zero-order valence-electron chi connectivity index (χ0n) is 29.8. The average Bonchev–Trinajstić information content (AvgIpc) is 3.59. The molecule has 0 saturated carbocycles. The van der Waals surface area contributed by atoms with E-state index in [-0.39, 0.29) is 0 Å². The lowest BCUT2D eigenvalue weighted by Crippen LogP contribution is -2.02. The molecule has 0 unspecified atom stereocenters. The van der Waals surface area contributed by atoms with Crippen molar-refractivity contribution >= 4 is 54.1 Å².